The zero-order valence-corrected chi connectivity index (χ0v) is 19.4. The predicted octanol–water partition coefficient (Wildman–Crippen LogP) is 8.87. The first-order valence-corrected chi connectivity index (χ1v) is 12.2. The number of hydrogen-bond donors (Lipinski definition) is 0. The molecular weight excluding hydrogens is 436 g/mol. The van der Waals surface area contributed by atoms with Gasteiger partial charge in [0.05, 0.1) is 0 Å². The number of hydrogen-bond acceptors (Lipinski definition) is 0. The summed E-state index contributed by atoms with van der Waals surface area (Å²) in [5.74, 6) is 1.94. The molecule has 0 nitrogen and oxygen atoms in total. The van der Waals surface area contributed by atoms with Crippen molar-refractivity contribution < 1.29 is 0 Å². The summed E-state index contributed by atoms with van der Waals surface area (Å²) in [5, 5.41) is 0. The fourth-order valence-corrected chi connectivity index (χ4v) is 5.40. The molecule has 0 amide bonds. The molecule has 0 atom stereocenters. The van der Waals surface area contributed by atoms with Gasteiger partial charge in [-0.2, -0.15) is 0 Å². The first-order valence-electron chi connectivity index (χ1n) is 10.6. The first-order chi connectivity index (χ1) is 12.1. The highest BCUT2D eigenvalue weighted by Gasteiger charge is 2.16. The van der Waals surface area contributed by atoms with Gasteiger partial charge in [0.15, 0.2) is 0 Å². The van der Waals surface area contributed by atoms with Crippen LogP contribution in [0.3, 0.4) is 0 Å². The van der Waals surface area contributed by atoms with Gasteiger partial charge in [0, 0.05) is 8.95 Å². The van der Waals surface area contributed by atoms with Crippen molar-refractivity contribution in [2.75, 3.05) is 0 Å². The summed E-state index contributed by atoms with van der Waals surface area (Å²) in [5.41, 5.74) is 2.91. The third-order valence-electron chi connectivity index (χ3n) is 5.86. The van der Waals surface area contributed by atoms with Crippen LogP contribution < -0.4 is 0 Å². The zero-order valence-electron chi connectivity index (χ0n) is 16.3. The van der Waals surface area contributed by atoms with Crippen LogP contribution in [0.25, 0.3) is 0 Å². The lowest BCUT2D eigenvalue weighted by atomic mass is 9.85. The van der Waals surface area contributed by atoms with Crippen molar-refractivity contribution in [3.8, 4) is 0 Å². The van der Waals surface area contributed by atoms with Crippen LogP contribution >= 0.6 is 31.9 Å². The van der Waals surface area contributed by atoms with Gasteiger partial charge >= 0.3 is 0 Å². The molecule has 2 aliphatic carbocycles. The zero-order chi connectivity index (χ0) is 18.1. The largest absolute Gasteiger partial charge is 0.0651 e. The molecule has 0 heterocycles. The van der Waals surface area contributed by atoms with Crippen LogP contribution in [0.1, 0.15) is 95.6 Å². The highest BCUT2D eigenvalue weighted by Crippen LogP contribution is 2.32. The van der Waals surface area contributed by atoms with E-state index in [1.165, 1.54) is 97.1 Å². The Labute approximate surface area is 172 Å². The summed E-state index contributed by atoms with van der Waals surface area (Å²) < 4.78 is 2.60. The average molecular weight is 472 g/mol. The van der Waals surface area contributed by atoms with Gasteiger partial charge in [-0.3, -0.25) is 0 Å². The van der Waals surface area contributed by atoms with Crippen LogP contribution in [0.4, 0.5) is 0 Å². The van der Waals surface area contributed by atoms with Gasteiger partial charge in [0.25, 0.3) is 0 Å². The van der Waals surface area contributed by atoms with E-state index in [0.29, 0.717) is 0 Å². The van der Waals surface area contributed by atoms with Crippen molar-refractivity contribution in [3.05, 3.63) is 32.2 Å². The molecule has 0 bridgehead atoms. The van der Waals surface area contributed by atoms with Gasteiger partial charge < -0.3 is 0 Å². The van der Waals surface area contributed by atoms with Crippen molar-refractivity contribution in [2.45, 2.75) is 97.3 Å². The Morgan fingerprint density at radius 2 is 1.32 bits per heavy atom. The van der Waals surface area contributed by atoms with E-state index in [9.17, 15) is 0 Å². The Morgan fingerprint density at radius 1 is 0.800 bits per heavy atom. The third-order valence-corrected chi connectivity index (χ3v) is 7.34. The van der Waals surface area contributed by atoms with Gasteiger partial charge in [-0.25, -0.2) is 0 Å². The molecule has 0 aromatic heterocycles. The molecule has 0 saturated heterocycles. The quantitative estimate of drug-likeness (QED) is 0.411. The maximum Gasteiger partial charge on any atom is 0.0210 e. The average Bonchev–Trinajstić information content (AvgIpc) is 2.62. The van der Waals surface area contributed by atoms with E-state index in [-0.39, 0.29) is 0 Å². The van der Waals surface area contributed by atoms with Crippen molar-refractivity contribution in [2.24, 2.45) is 11.8 Å². The molecule has 3 rings (SSSR count). The number of aryl methyl sites for hydroxylation is 1. The summed E-state index contributed by atoms with van der Waals surface area (Å²) in [6.07, 6.45) is 18.2. The highest BCUT2D eigenvalue weighted by atomic mass is 79.9. The van der Waals surface area contributed by atoms with Crippen LogP contribution in [-0.4, -0.2) is 0 Å². The summed E-state index contributed by atoms with van der Waals surface area (Å²) in [6, 6.07) is 4.65. The maximum absolute atomic E-state index is 3.76. The van der Waals surface area contributed by atoms with Gasteiger partial charge in [-0.05, 0) is 47.9 Å². The minimum absolute atomic E-state index is 0.902. The SMILES string of the molecule is CC1CCCCC1.CCCc1cc(Br)c(CC2CCCCC2)cc1Br. The lowest BCUT2D eigenvalue weighted by molar-refractivity contribution is 0.356. The van der Waals surface area contributed by atoms with Crippen LogP contribution in [0.5, 0.6) is 0 Å². The Hall–Kier alpha value is 0.180. The van der Waals surface area contributed by atoms with Gasteiger partial charge in [-0.15, -0.1) is 0 Å². The van der Waals surface area contributed by atoms with Crippen molar-refractivity contribution in [3.63, 3.8) is 0 Å². The molecule has 142 valence electrons. The molecular formula is C23H36Br2. The van der Waals surface area contributed by atoms with E-state index in [4.69, 9.17) is 0 Å². The molecule has 1 aromatic carbocycles. The smallest absolute Gasteiger partial charge is 0.0210 e. The Morgan fingerprint density at radius 3 is 1.84 bits per heavy atom. The second kappa shape index (κ2) is 11.8. The van der Waals surface area contributed by atoms with E-state index >= 15 is 0 Å². The number of benzene rings is 1. The minimum Gasteiger partial charge on any atom is -0.0651 e. The normalized spacial score (nSPS) is 19.4. The van der Waals surface area contributed by atoms with E-state index in [1.54, 1.807) is 0 Å². The summed E-state index contributed by atoms with van der Waals surface area (Å²) in [7, 11) is 0. The molecule has 2 saturated carbocycles. The molecule has 0 aliphatic heterocycles. The summed E-state index contributed by atoms with van der Waals surface area (Å²) >= 11 is 7.48. The van der Waals surface area contributed by atoms with Crippen LogP contribution in [-0.2, 0) is 12.8 Å². The molecule has 1 aromatic rings. The van der Waals surface area contributed by atoms with E-state index in [2.05, 4.69) is 57.8 Å². The molecule has 0 unspecified atom stereocenters. The predicted molar refractivity (Wildman–Crippen MR) is 118 cm³/mol. The lowest BCUT2D eigenvalue weighted by Crippen LogP contribution is -2.09. The van der Waals surface area contributed by atoms with Crippen molar-refractivity contribution in [1.82, 2.24) is 0 Å². The molecule has 0 spiro atoms. The monoisotopic (exact) mass is 470 g/mol. The molecule has 2 fully saturated rings. The fraction of sp³-hybridized carbons (Fsp3) is 0.739. The van der Waals surface area contributed by atoms with Crippen LogP contribution in [0, 0.1) is 11.8 Å². The molecule has 0 N–H and O–H groups in total. The van der Waals surface area contributed by atoms with Crippen LogP contribution in [0.2, 0.25) is 0 Å². The summed E-state index contributed by atoms with van der Waals surface area (Å²) in [4.78, 5) is 0. The van der Waals surface area contributed by atoms with Gasteiger partial charge in [0.2, 0.25) is 0 Å². The first kappa shape index (κ1) is 21.5. The number of rotatable bonds is 4. The maximum atomic E-state index is 3.76. The molecule has 0 radical (unpaired) electrons. The van der Waals surface area contributed by atoms with Crippen molar-refractivity contribution in [1.29, 1.82) is 0 Å². The Bertz CT molecular complexity index is 497. The van der Waals surface area contributed by atoms with E-state index in [0.717, 1.165) is 18.3 Å². The number of halogens is 2. The van der Waals surface area contributed by atoms with Crippen LogP contribution in [0.15, 0.2) is 21.1 Å². The lowest BCUT2D eigenvalue weighted by Gasteiger charge is -2.22. The second-order valence-corrected chi connectivity index (χ2v) is 9.95. The molecule has 2 aliphatic rings. The van der Waals surface area contributed by atoms with Crippen molar-refractivity contribution >= 4 is 31.9 Å². The Kier molecular flexibility index (Phi) is 10.1. The second-order valence-electron chi connectivity index (χ2n) is 8.24. The van der Waals surface area contributed by atoms with E-state index < -0.39 is 0 Å². The van der Waals surface area contributed by atoms with Gasteiger partial charge in [-0.1, -0.05) is 116 Å². The Balaban J connectivity index is 0.000000269. The van der Waals surface area contributed by atoms with Gasteiger partial charge in [0.1, 0.15) is 0 Å². The molecule has 2 heteroatoms. The summed E-state index contributed by atoms with van der Waals surface area (Å²) in [6.45, 7) is 4.59. The standard InChI is InChI=1S/C16H22Br2.C7H14/c1-2-6-13-10-16(18)14(11-15(13)17)9-12-7-4-3-5-8-12;1-7-5-3-2-4-6-7/h10-12H,2-9H2,1H3;7H,2-6H2,1H3. The van der Waals surface area contributed by atoms with E-state index in [1.807, 2.05) is 0 Å². The minimum atomic E-state index is 0.902. The highest BCUT2D eigenvalue weighted by molar-refractivity contribution is 9.11. The topological polar surface area (TPSA) is 0 Å². The third kappa shape index (κ3) is 7.75. The molecule has 25 heavy (non-hydrogen) atoms. The fourth-order valence-electron chi connectivity index (χ4n) is 4.26.